The molecule has 0 aromatic heterocycles. The van der Waals surface area contributed by atoms with E-state index in [9.17, 15) is 34.5 Å². The normalized spacial score (nSPS) is 22.3. The van der Waals surface area contributed by atoms with Crippen LogP contribution in [-0.2, 0) is 25.5 Å². The van der Waals surface area contributed by atoms with Gasteiger partial charge in [-0.25, -0.2) is 4.79 Å². The molecule has 0 bridgehead atoms. The second-order valence-corrected chi connectivity index (χ2v) is 11.4. The number of hydrogen-bond donors (Lipinski definition) is 5. The third-order valence-electron chi connectivity index (χ3n) is 7.61. The van der Waals surface area contributed by atoms with Crippen molar-refractivity contribution in [2.75, 3.05) is 5.32 Å². The topological polar surface area (TPSA) is 176 Å². The number of nitrogens with one attached hydrogen (secondary N) is 1. The molecule has 0 heterocycles. The van der Waals surface area contributed by atoms with Crippen molar-refractivity contribution in [1.29, 1.82) is 0 Å². The van der Waals surface area contributed by atoms with Crippen LogP contribution in [0.25, 0.3) is 16.9 Å². The second-order valence-electron chi connectivity index (χ2n) is 11.4. The molecule has 3 aliphatic rings. The Balaban J connectivity index is 1.51. The van der Waals surface area contributed by atoms with Gasteiger partial charge in [-0.1, -0.05) is 18.2 Å². The van der Waals surface area contributed by atoms with Gasteiger partial charge in [-0.2, -0.15) is 0 Å². The number of carbonyl (C=O) groups excluding carboxylic acids is 4. The molecule has 10 nitrogen and oxygen atoms in total. The van der Waals surface area contributed by atoms with E-state index in [0.717, 1.165) is 11.1 Å². The summed E-state index contributed by atoms with van der Waals surface area (Å²) in [7, 11) is 0. The van der Waals surface area contributed by atoms with E-state index >= 15 is 0 Å². The molecular formula is C30H30N2O8. The fourth-order valence-corrected chi connectivity index (χ4v) is 6.07. The van der Waals surface area contributed by atoms with Gasteiger partial charge in [0.25, 0.3) is 5.91 Å². The number of aromatic hydroxyl groups is 1. The number of anilines is 1. The Bertz CT molecular complexity index is 1530. The molecule has 0 spiro atoms. The van der Waals surface area contributed by atoms with E-state index in [4.69, 9.17) is 10.5 Å². The number of aliphatic hydroxyl groups is 2. The predicted octanol–water partition coefficient (Wildman–Crippen LogP) is 4.32. The number of nitrogens with two attached hydrogens (primary N) is 1. The average molecular weight is 547 g/mol. The van der Waals surface area contributed by atoms with Gasteiger partial charge in [-0.05, 0) is 80.3 Å². The Morgan fingerprint density at radius 1 is 1.00 bits per heavy atom. The van der Waals surface area contributed by atoms with Gasteiger partial charge in [-0.15, -0.1) is 0 Å². The van der Waals surface area contributed by atoms with Gasteiger partial charge in [0, 0.05) is 17.7 Å². The molecule has 208 valence electrons. The van der Waals surface area contributed by atoms with E-state index in [1.54, 1.807) is 51.1 Å². The number of ether oxygens (including phenoxy) is 1. The third-order valence-corrected chi connectivity index (χ3v) is 7.61. The summed E-state index contributed by atoms with van der Waals surface area (Å²) in [6.07, 6.45) is -0.0950. The van der Waals surface area contributed by atoms with Crippen LogP contribution in [0, 0.1) is 17.8 Å². The number of rotatable bonds is 3. The highest BCUT2D eigenvalue weighted by molar-refractivity contribution is 6.21. The Morgan fingerprint density at radius 3 is 2.30 bits per heavy atom. The summed E-state index contributed by atoms with van der Waals surface area (Å²) in [6.45, 7) is 5.30. The number of benzene rings is 2. The van der Waals surface area contributed by atoms with E-state index in [-0.39, 0.29) is 29.1 Å². The molecule has 0 aliphatic heterocycles. The van der Waals surface area contributed by atoms with Crippen molar-refractivity contribution >= 4 is 35.0 Å². The van der Waals surface area contributed by atoms with Crippen LogP contribution in [0.15, 0.2) is 53.3 Å². The molecule has 3 aliphatic carbocycles. The van der Waals surface area contributed by atoms with Crippen LogP contribution in [0.4, 0.5) is 10.5 Å². The number of carbonyl (C=O) groups is 4. The minimum atomic E-state index is -1.16. The molecule has 5 rings (SSSR count). The Labute approximate surface area is 230 Å². The minimum Gasteiger partial charge on any atom is -0.511 e. The van der Waals surface area contributed by atoms with Crippen LogP contribution in [0.3, 0.4) is 0 Å². The van der Waals surface area contributed by atoms with Crippen LogP contribution >= 0.6 is 0 Å². The lowest BCUT2D eigenvalue weighted by atomic mass is 9.61. The van der Waals surface area contributed by atoms with Crippen molar-refractivity contribution in [3.05, 3.63) is 64.4 Å². The van der Waals surface area contributed by atoms with Crippen LogP contribution < -0.4 is 11.1 Å². The number of ketones is 2. The highest BCUT2D eigenvalue weighted by Crippen LogP contribution is 2.51. The Morgan fingerprint density at radius 2 is 1.68 bits per heavy atom. The first-order chi connectivity index (χ1) is 18.8. The Hall–Kier alpha value is -4.60. The van der Waals surface area contributed by atoms with Gasteiger partial charge in [0.2, 0.25) is 0 Å². The smallest absolute Gasteiger partial charge is 0.412 e. The fraction of sp³-hybridized carbons (Fsp3) is 0.333. The lowest BCUT2D eigenvalue weighted by Crippen LogP contribution is -2.44. The van der Waals surface area contributed by atoms with Crippen LogP contribution in [0.1, 0.15) is 44.7 Å². The lowest BCUT2D eigenvalue weighted by Gasteiger charge is -2.41. The minimum absolute atomic E-state index is 0.0582. The maximum absolute atomic E-state index is 13.6. The van der Waals surface area contributed by atoms with Crippen LogP contribution in [0.2, 0.25) is 0 Å². The number of amides is 2. The molecular weight excluding hydrogens is 516 g/mol. The molecule has 2 amide bonds. The summed E-state index contributed by atoms with van der Waals surface area (Å²) in [5.41, 5.74) is 6.86. The molecule has 40 heavy (non-hydrogen) atoms. The zero-order valence-electron chi connectivity index (χ0n) is 22.3. The molecule has 0 saturated heterocycles. The number of hydrogen-bond acceptors (Lipinski definition) is 8. The summed E-state index contributed by atoms with van der Waals surface area (Å²) in [5.74, 6) is -5.72. The van der Waals surface area contributed by atoms with Crippen molar-refractivity contribution in [2.24, 2.45) is 23.5 Å². The number of phenols is 1. The van der Waals surface area contributed by atoms with Crippen molar-refractivity contribution in [3.8, 4) is 16.9 Å². The molecule has 2 aromatic carbocycles. The van der Waals surface area contributed by atoms with E-state index in [0.29, 0.717) is 24.1 Å². The van der Waals surface area contributed by atoms with E-state index in [2.05, 4.69) is 5.32 Å². The highest BCUT2D eigenvalue weighted by Gasteiger charge is 2.51. The molecule has 0 radical (unpaired) electrons. The van der Waals surface area contributed by atoms with Crippen LogP contribution in [-0.4, -0.2) is 44.5 Å². The first-order valence-corrected chi connectivity index (χ1v) is 13.0. The zero-order chi connectivity index (χ0) is 29.1. The fourth-order valence-electron chi connectivity index (χ4n) is 6.07. The first kappa shape index (κ1) is 27.0. The highest BCUT2D eigenvalue weighted by atomic mass is 16.6. The zero-order valence-corrected chi connectivity index (χ0v) is 22.3. The van der Waals surface area contributed by atoms with E-state index in [1.807, 2.05) is 0 Å². The second kappa shape index (κ2) is 9.55. The van der Waals surface area contributed by atoms with Gasteiger partial charge in [0.15, 0.2) is 11.6 Å². The van der Waals surface area contributed by atoms with Crippen molar-refractivity contribution < 1.29 is 39.2 Å². The number of fused-ring (bicyclic) bond motifs is 3. The van der Waals surface area contributed by atoms with Gasteiger partial charge in [0.1, 0.15) is 28.4 Å². The Kier molecular flexibility index (Phi) is 6.44. The molecule has 1 fully saturated rings. The number of Topliss-reactive ketones (excluding diaryl/α,β-unsaturated/α-hetero) is 2. The number of allylic oxidation sites excluding steroid dienone is 2. The first-order valence-electron chi connectivity index (χ1n) is 13.0. The summed E-state index contributed by atoms with van der Waals surface area (Å²) in [5, 5.41) is 35.4. The number of primary amides is 1. The van der Waals surface area contributed by atoms with Crippen molar-refractivity contribution in [2.45, 2.75) is 45.6 Å². The molecule has 3 atom stereocenters. The lowest BCUT2D eigenvalue weighted by molar-refractivity contribution is -0.127. The van der Waals surface area contributed by atoms with Crippen LogP contribution in [0.5, 0.6) is 5.75 Å². The molecule has 10 heteroatoms. The summed E-state index contributed by atoms with van der Waals surface area (Å²) in [4.78, 5) is 50.0. The number of phenolic OH excluding ortho intramolecular Hbond substituents is 1. The quantitative estimate of drug-likeness (QED) is 0.353. The van der Waals surface area contributed by atoms with Crippen molar-refractivity contribution in [1.82, 2.24) is 0 Å². The molecule has 3 unspecified atom stereocenters. The monoisotopic (exact) mass is 546 g/mol. The van der Waals surface area contributed by atoms with E-state index < -0.39 is 58.3 Å². The standard InChI is InChI=1S/C30H30N2O8/c1-30(2,3)40-29(39)32-16-6-4-13(5-7-16)17-8-9-19(33)23-18(17)11-14-10-15-12-20(34)24(28(31)38)27(37)22(15)25(35)21(14)26(23)36/h4-9,14-15,22,33,36-37H,10-12H2,1-3H3,(H2,31,38)(H,32,39). The van der Waals surface area contributed by atoms with E-state index in [1.165, 1.54) is 6.07 Å². The maximum Gasteiger partial charge on any atom is 0.412 e. The number of aliphatic hydroxyl groups excluding tert-OH is 2. The molecule has 2 aromatic rings. The maximum atomic E-state index is 13.6. The predicted molar refractivity (Wildman–Crippen MR) is 145 cm³/mol. The molecule has 1 saturated carbocycles. The average Bonchev–Trinajstić information content (AvgIpc) is 2.83. The van der Waals surface area contributed by atoms with Gasteiger partial charge in [0.05, 0.1) is 11.5 Å². The third kappa shape index (κ3) is 4.59. The van der Waals surface area contributed by atoms with Gasteiger partial charge < -0.3 is 25.8 Å². The summed E-state index contributed by atoms with van der Waals surface area (Å²) in [6, 6.07) is 10.1. The summed E-state index contributed by atoms with van der Waals surface area (Å²) < 4.78 is 5.28. The SMILES string of the molecule is CC(C)(C)OC(=O)Nc1ccc(-c2ccc(O)c3c2CC2CC4CC(=O)C(C(N)=O)=C(O)C4C(=O)C2=C3O)cc1. The van der Waals surface area contributed by atoms with Crippen molar-refractivity contribution in [3.63, 3.8) is 0 Å². The molecule has 6 N–H and O–H groups in total. The summed E-state index contributed by atoms with van der Waals surface area (Å²) >= 11 is 0. The van der Waals surface area contributed by atoms with Gasteiger partial charge >= 0.3 is 6.09 Å². The van der Waals surface area contributed by atoms with Gasteiger partial charge in [-0.3, -0.25) is 19.7 Å². The largest absolute Gasteiger partial charge is 0.511 e.